The highest BCUT2D eigenvalue weighted by atomic mass is 32.2. The van der Waals surface area contributed by atoms with Gasteiger partial charge < -0.3 is 35.0 Å². The lowest BCUT2D eigenvalue weighted by Gasteiger charge is -2.44. The zero-order valence-corrected chi connectivity index (χ0v) is 28.3. The van der Waals surface area contributed by atoms with E-state index in [0.717, 1.165) is 23.9 Å². The number of aromatic nitrogens is 1. The fourth-order valence-corrected chi connectivity index (χ4v) is 9.26. The Morgan fingerprint density at radius 2 is 1.69 bits per heavy atom. The maximum atomic E-state index is 14.3. The van der Waals surface area contributed by atoms with E-state index in [2.05, 4.69) is 15.5 Å². The van der Waals surface area contributed by atoms with Crippen LogP contribution in [0, 0.1) is 0 Å². The van der Waals surface area contributed by atoms with Gasteiger partial charge in [0.2, 0.25) is 23.2 Å². The summed E-state index contributed by atoms with van der Waals surface area (Å²) in [4.78, 5) is 84.5. The number of anilines is 1. The molecule has 3 aromatic rings. The highest BCUT2D eigenvalue weighted by molar-refractivity contribution is 8.01. The standard InChI is InChI=1S/C35H38N6O7S/c1-19(42)38-14-16-39(17-15-38)23-12-11-21-10-7-13-40-18-22(28(43)24(23)27(21)40)30(44)36-25(20-8-5-4-6-9-20)31(45)37-26-32(46)41-29(34(47)48)35(2,3)49-33(26)41/h4-6,8-9,11-12,18,25-26,29,33H,7,10,13-17H2,1-3H3,(H,36,44)(H,37,45)(H,47,48). The minimum absolute atomic E-state index is 0.00173. The molecule has 4 unspecified atom stereocenters. The van der Waals surface area contributed by atoms with Crippen LogP contribution in [0.3, 0.4) is 0 Å². The Bertz CT molecular complexity index is 1950. The summed E-state index contributed by atoms with van der Waals surface area (Å²) in [5, 5.41) is 15.2. The number of piperazine rings is 1. The second-order valence-corrected chi connectivity index (χ2v) is 15.3. The largest absolute Gasteiger partial charge is 0.480 e. The molecule has 0 radical (unpaired) electrons. The number of carbonyl (C=O) groups excluding carboxylic acids is 4. The monoisotopic (exact) mass is 686 g/mol. The van der Waals surface area contributed by atoms with Crippen LogP contribution in [0.25, 0.3) is 10.9 Å². The van der Waals surface area contributed by atoms with E-state index in [9.17, 15) is 33.9 Å². The number of hydrogen-bond donors (Lipinski definition) is 3. The second-order valence-electron chi connectivity index (χ2n) is 13.5. The number of amides is 4. The average molecular weight is 687 g/mol. The summed E-state index contributed by atoms with van der Waals surface area (Å²) >= 11 is 1.31. The first-order chi connectivity index (χ1) is 23.4. The first kappa shape index (κ1) is 32.7. The van der Waals surface area contributed by atoms with Crippen molar-refractivity contribution < 1.29 is 29.1 Å². The van der Waals surface area contributed by atoms with Gasteiger partial charge in [-0.25, -0.2) is 4.79 Å². The Hall–Kier alpha value is -4.85. The Labute approximate surface area is 286 Å². The van der Waals surface area contributed by atoms with Gasteiger partial charge in [-0.1, -0.05) is 36.4 Å². The molecule has 5 heterocycles. The first-order valence-corrected chi connectivity index (χ1v) is 17.3. The van der Waals surface area contributed by atoms with Crippen molar-refractivity contribution in [2.24, 2.45) is 0 Å². The normalized spacial score (nSPS) is 23.0. The summed E-state index contributed by atoms with van der Waals surface area (Å²) < 4.78 is 1.17. The number of β-lactam (4-membered cyclic amide) rings is 1. The van der Waals surface area contributed by atoms with Gasteiger partial charge in [0.15, 0.2) is 0 Å². The summed E-state index contributed by atoms with van der Waals surface area (Å²) in [6, 6.07) is 9.28. The van der Waals surface area contributed by atoms with Crippen LogP contribution in [0.5, 0.6) is 0 Å². The van der Waals surface area contributed by atoms with Gasteiger partial charge in [0.25, 0.3) is 5.91 Å². The van der Waals surface area contributed by atoms with Crippen LogP contribution >= 0.6 is 11.8 Å². The minimum Gasteiger partial charge on any atom is -0.480 e. The summed E-state index contributed by atoms with van der Waals surface area (Å²) in [6.07, 6.45) is 3.21. The van der Waals surface area contributed by atoms with Gasteiger partial charge in [-0.2, -0.15) is 0 Å². The fraction of sp³-hybridized carbons (Fsp3) is 0.429. The molecule has 0 spiro atoms. The molecule has 4 atom stereocenters. The molecule has 0 aliphatic carbocycles. The number of thioether (sulfide) groups is 1. The topological polar surface area (TPSA) is 161 Å². The molecule has 3 N–H and O–H groups in total. The van der Waals surface area contributed by atoms with E-state index in [1.54, 1.807) is 62.2 Å². The maximum Gasteiger partial charge on any atom is 0.327 e. The van der Waals surface area contributed by atoms with Gasteiger partial charge in [0.1, 0.15) is 29.1 Å². The van der Waals surface area contributed by atoms with Crippen molar-refractivity contribution in [1.29, 1.82) is 0 Å². The van der Waals surface area contributed by atoms with Gasteiger partial charge >= 0.3 is 5.97 Å². The van der Waals surface area contributed by atoms with E-state index < -0.39 is 57.4 Å². The van der Waals surface area contributed by atoms with Gasteiger partial charge in [-0.3, -0.25) is 24.0 Å². The van der Waals surface area contributed by atoms with Crippen LogP contribution in [-0.4, -0.2) is 97.5 Å². The molecule has 256 valence electrons. The van der Waals surface area contributed by atoms with Crippen molar-refractivity contribution in [2.45, 2.75) is 68.4 Å². The number of rotatable bonds is 7. The van der Waals surface area contributed by atoms with Crippen LogP contribution in [0.15, 0.2) is 53.5 Å². The smallest absolute Gasteiger partial charge is 0.327 e. The molecule has 0 bridgehead atoms. The molecule has 7 rings (SSSR count). The zero-order chi connectivity index (χ0) is 34.8. The number of aryl methyl sites for hydroxylation is 2. The third-order valence-corrected chi connectivity index (χ3v) is 11.7. The minimum atomic E-state index is -1.24. The Morgan fingerprint density at radius 1 is 0.980 bits per heavy atom. The fourth-order valence-electron chi connectivity index (χ4n) is 7.63. The Kier molecular flexibility index (Phi) is 8.16. The predicted molar refractivity (Wildman–Crippen MR) is 183 cm³/mol. The van der Waals surface area contributed by atoms with Crippen LogP contribution in [-0.2, 0) is 32.1 Å². The lowest BCUT2D eigenvalue weighted by molar-refractivity contribution is -0.161. The third-order valence-electron chi connectivity index (χ3n) is 10.1. The predicted octanol–water partition coefficient (Wildman–Crippen LogP) is 1.72. The molecule has 4 aliphatic heterocycles. The zero-order valence-electron chi connectivity index (χ0n) is 27.5. The number of aliphatic carboxylic acids is 1. The molecular weight excluding hydrogens is 648 g/mol. The molecule has 2 aromatic carbocycles. The van der Waals surface area contributed by atoms with Crippen molar-refractivity contribution in [3.63, 3.8) is 0 Å². The molecule has 13 nitrogen and oxygen atoms in total. The number of carbonyl (C=O) groups is 5. The number of pyridine rings is 1. The van der Waals surface area contributed by atoms with Crippen LogP contribution in [0.1, 0.15) is 54.7 Å². The van der Waals surface area contributed by atoms with Crippen LogP contribution in [0.2, 0.25) is 0 Å². The second kappa shape index (κ2) is 12.2. The van der Waals surface area contributed by atoms with E-state index in [1.807, 2.05) is 16.7 Å². The quantitative estimate of drug-likeness (QED) is 0.315. The van der Waals surface area contributed by atoms with Crippen LogP contribution < -0.4 is 21.0 Å². The number of carboxylic acids is 1. The molecule has 3 fully saturated rings. The number of nitrogens with one attached hydrogen (secondary N) is 2. The Balaban J connectivity index is 1.20. The maximum absolute atomic E-state index is 14.3. The average Bonchev–Trinajstić information content (AvgIpc) is 3.35. The number of hydrogen-bond acceptors (Lipinski definition) is 8. The molecule has 1 aromatic heterocycles. The van der Waals surface area contributed by atoms with E-state index in [1.165, 1.54) is 16.7 Å². The van der Waals surface area contributed by atoms with Gasteiger partial charge in [0.05, 0.1) is 16.6 Å². The lowest BCUT2D eigenvalue weighted by atomic mass is 9.95. The number of benzene rings is 2. The molecule has 4 amide bonds. The molecule has 3 saturated heterocycles. The van der Waals surface area contributed by atoms with E-state index >= 15 is 0 Å². The van der Waals surface area contributed by atoms with Gasteiger partial charge in [0, 0.05) is 50.6 Å². The van der Waals surface area contributed by atoms with Gasteiger partial charge in [-0.05, 0) is 43.9 Å². The van der Waals surface area contributed by atoms with E-state index in [4.69, 9.17) is 0 Å². The summed E-state index contributed by atoms with van der Waals surface area (Å²) in [6.45, 7) is 7.79. The molecule has 49 heavy (non-hydrogen) atoms. The molecule has 0 saturated carbocycles. The highest BCUT2D eigenvalue weighted by Gasteiger charge is 2.64. The number of carboxylic acid groups (broad SMARTS) is 1. The van der Waals surface area contributed by atoms with Crippen LogP contribution in [0.4, 0.5) is 5.69 Å². The van der Waals surface area contributed by atoms with E-state index in [0.29, 0.717) is 49.4 Å². The Morgan fingerprint density at radius 3 is 2.37 bits per heavy atom. The van der Waals surface area contributed by atoms with Crippen molar-refractivity contribution in [1.82, 2.24) is 25.0 Å². The lowest BCUT2D eigenvalue weighted by Crippen LogP contribution is -2.71. The van der Waals surface area contributed by atoms with Gasteiger partial charge in [-0.15, -0.1) is 11.8 Å². The summed E-state index contributed by atoms with van der Waals surface area (Å²) in [7, 11) is 0. The third kappa shape index (κ3) is 5.51. The van der Waals surface area contributed by atoms with Crippen molar-refractivity contribution in [3.05, 3.63) is 75.6 Å². The van der Waals surface area contributed by atoms with Crippen molar-refractivity contribution in [3.8, 4) is 0 Å². The SMILES string of the molecule is CC(=O)N1CCN(c2ccc3c4c2c(=O)c(C(=O)NC(C(=O)NC2C(=O)N5C2SC(C)(C)C5C(=O)O)c2ccccc2)cn4CCC3)CC1. The molecule has 4 aliphatic rings. The number of nitrogens with zero attached hydrogens (tertiary/aromatic N) is 4. The first-order valence-electron chi connectivity index (χ1n) is 16.5. The van der Waals surface area contributed by atoms with E-state index in [-0.39, 0.29) is 11.5 Å². The van der Waals surface area contributed by atoms with Crippen molar-refractivity contribution in [2.75, 3.05) is 31.1 Å². The molecular formula is C35H38N6O7S. The number of fused-ring (bicyclic) bond motifs is 1. The summed E-state index contributed by atoms with van der Waals surface area (Å²) in [5.41, 5.74) is 2.43. The van der Waals surface area contributed by atoms with Crippen molar-refractivity contribution >= 4 is 58.0 Å². The molecule has 14 heteroatoms. The summed E-state index contributed by atoms with van der Waals surface area (Å²) in [5.74, 6) is -2.99. The highest BCUT2D eigenvalue weighted by Crippen LogP contribution is 2.50.